The summed E-state index contributed by atoms with van der Waals surface area (Å²) >= 11 is 6.50. The largest absolute Gasteiger partial charge is 0.495 e. The van der Waals surface area contributed by atoms with Crippen molar-refractivity contribution >= 4 is 34.4 Å². The number of fused-ring (bicyclic) bond motifs is 1. The molecule has 2 fully saturated rings. The number of hydrogen-bond donors (Lipinski definition) is 2. The highest BCUT2D eigenvalue weighted by Crippen LogP contribution is 2.43. The van der Waals surface area contributed by atoms with Crippen molar-refractivity contribution in [3.05, 3.63) is 64.3 Å². The number of aliphatic carboxylic acids is 1. The summed E-state index contributed by atoms with van der Waals surface area (Å²) in [6.07, 6.45) is 6.88. The summed E-state index contributed by atoms with van der Waals surface area (Å²) in [6.45, 7) is 0. The number of aromatic nitrogens is 1. The Hall–Kier alpha value is -2.99. The second-order valence-corrected chi connectivity index (χ2v) is 10.4. The molecule has 3 aromatic rings. The van der Waals surface area contributed by atoms with Crippen LogP contribution in [-0.2, 0) is 17.4 Å². The molecule has 0 radical (unpaired) electrons. The van der Waals surface area contributed by atoms with Gasteiger partial charge >= 0.3 is 5.97 Å². The zero-order valence-corrected chi connectivity index (χ0v) is 20.9. The molecule has 7 heteroatoms. The molecule has 2 aromatic carbocycles. The number of rotatable bonds is 7. The van der Waals surface area contributed by atoms with E-state index in [1.54, 1.807) is 13.2 Å². The SMILES string of the molecule is COc1ccc2c(cc(C(=O)NC3(c4ccc([C@H](C(=O)O)C5CCCC5)cc4)CCC3)n2C)c1Cl. The Balaban J connectivity index is 1.41. The molecule has 2 aliphatic carbocycles. The van der Waals surface area contributed by atoms with Gasteiger partial charge in [0.25, 0.3) is 5.91 Å². The van der Waals surface area contributed by atoms with E-state index in [0.717, 1.165) is 67.0 Å². The summed E-state index contributed by atoms with van der Waals surface area (Å²) in [6, 6.07) is 13.4. The lowest BCUT2D eigenvalue weighted by Gasteiger charge is -2.43. The molecule has 0 unspecified atom stereocenters. The third-order valence-corrected chi connectivity index (χ3v) is 8.49. The summed E-state index contributed by atoms with van der Waals surface area (Å²) in [5.41, 5.74) is 2.82. The molecule has 35 heavy (non-hydrogen) atoms. The topological polar surface area (TPSA) is 80.6 Å². The molecule has 184 valence electrons. The average Bonchev–Trinajstić information content (AvgIpc) is 3.46. The minimum Gasteiger partial charge on any atom is -0.495 e. The first-order valence-corrected chi connectivity index (χ1v) is 12.7. The van der Waals surface area contributed by atoms with Crippen molar-refractivity contribution in [3.63, 3.8) is 0 Å². The summed E-state index contributed by atoms with van der Waals surface area (Å²) in [5.74, 6) is -0.590. The number of nitrogens with zero attached hydrogens (tertiary/aromatic N) is 1. The van der Waals surface area contributed by atoms with Gasteiger partial charge in [-0.25, -0.2) is 0 Å². The van der Waals surface area contributed by atoms with Crippen molar-refractivity contribution in [2.24, 2.45) is 13.0 Å². The molecule has 1 atom stereocenters. The normalized spacial score (nSPS) is 18.3. The fourth-order valence-electron chi connectivity index (χ4n) is 5.95. The molecule has 1 amide bonds. The Bertz CT molecular complexity index is 1270. The van der Waals surface area contributed by atoms with Crippen LogP contribution in [0.5, 0.6) is 5.75 Å². The van der Waals surface area contributed by atoms with E-state index >= 15 is 0 Å². The molecule has 6 nitrogen and oxygen atoms in total. The van der Waals surface area contributed by atoms with Gasteiger partial charge in [0.2, 0.25) is 0 Å². The Morgan fingerprint density at radius 2 is 1.80 bits per heavy atom. The number of carbonyl (C=O) groups is 2. The lowest BCUT2D eigenvalue weighted by Crippen LogP contribution is -2.51. The molecule has 0 aliphatic heterocycles. The maximum absolute atomic E-state index is 13.4. The Labute approximate surface area is 210 Å². The molecule has 5 rings (SSSR count). The highest BCUT2D eigenvalue weighted by Gasteiger charge is 2.41. The van der Waals surface area contributed by atoms with Crippen LogP contribution in [0.15, 0.2) is 42.5 Å². The number of benzene rings is 2. The molecular weight excluding hydrogens is 464 g/mol. The molecule has 2 N–H and O–H groups in total. The highest BCUT2D eigenvalue weighted by molar-refractivity contribution is 6.37. The van der Waals surface area contributed by atoms with E-state index in [1.165, 1.54) is 0 Å². The predicted octanol–water partition coefficient (Wildman–Crippen LogP) is 6.01. The second-order valence-electron chi connectivity index (χ2n) is 9.98. The number of nitrogens with one attached hydrogen (secondary N) is 1. The number of methoxy groups -OCH3 is 1. The number of ether oxygens (including phenoxy) is 1. The number of amides is 1. The quantitative estimate of drug-likeness (QED) is 0.421. The molecule has 2 aliphatic rings. The van der Waals surface area contributed by atoms with E-state index in [-0.39, 0.29) is 11.8 Å². The first-order valence-electron chi connectivity index (χ1n) is 12.3. The van der Waals surface area contributed by atoms with Crippen LogP contribution in [0, 0.1) is 5.92 Å². The molecule has 1 heterocycles. The van der Waals surface area contributed by atoms with Crippen LogP contribution in [0.25, 0.3) is 10.9 Å². The maximum Gasteiger partial charge on any atom is 0.311 e. The summed E-state index contributed by atoms with van der Waals surface area (Å²) in [7, 11) is 3.43. The van der Waals surface area contributed by atoms with E-state index in [4.69, 9.17) is 16.3 Å². The second kappa shape index (κ2) is 9.23. The number of carbonyl (C=O) groups excluding carboxylic acids is 1. The zero-order chi connectivity index (χ0) is 24.7. The molecule has 0 saturated heterocycles. The van der Waals surface area contributed by atoms with Gasteiger partial charge in [0.05, 0.1) is 29.1 Å². The molecule has 2 saturated carbocycles. The van der Waals surface area contributed by atoms with Crippen molar-refractivity contribution in [2.75, 3.05) is 7.11 Å². The van der Waals surface area contributed by atoms with Crippen molar-refractivity contribution in [3.8, 4) is 5.75 Å². The molecule has 0 spiro atoms. The monoisotopic (exact) mass is 494 g/mol. The third kappa shape index (κ3) is 4.08. The van der Waals surface area contributed by atoms with E-state index < -0.39 is 17.4 Å². The molecule has 0 bridgehead atoms. The van der Waals surface area contributed by atoms with Gasteiger partial charge in [-0.05, 0) is 67.3 Å². The van der Waals surface area contributed by atoms with Crippen molar-refractivity contribution in [2.45, 2.75) is 56.4 Å². The fraction of sp³-hybridized carbons (Fsp3) is 0.429. The first kappa shape index (κ1) is 23.7. The number of carboxylic acids is 1. The van der Waals surface area contributed by atoms with Crippen LogP contribution in [0.1, 0.15) is 72.5 Å². The van der Waals surface area contributed by atoms with Gasteiger partial charge in [0.15, 0.2) is 0 Å². The van der Waals surface area contributed by atoms with Crippen LogP contribution in [0.2, 0.25) is 5.02 Å². The van der Waals surface area contributed by atoms with Gasteiger partial charge in [-0.1, -0.05) is 48.7 Å². The van der Waals surface area contributed by atoms with Gasteiger partial charge in [0, 0.05) is 12.4 Å². The summed E-state index contributed by atoms with van der Waals surface area (Å²) in [5, 5.41) is 14.4. The number of aryl methyl sites for hydroxylation is 1. The minimum atomic E-state index is -0.748. The van der Waals surface area contributed by atoms with Crippen LogP contribution in [0.4, 0.5) is 0 Å². The van der Waals surface area contributed by atoms with Gasteiger partial charge in [0.1, 0.15) is 11.4 Å². The number of hydrogen-bond acceptors (Lipinski definition) is 3. The summed E-state index contributed by atoms with van der Waals surface area (Å²) < 4.78 is 7.17. The minimum absolute atomic E-state index is 0.156. The lowest BCUT2D eigenvalue weighted by molar-refractivity contribution is -0.140. The van der Waals surface area contributed by atoms with E-state index in [9.17, 15) is 14.7 Å². The smallest absolute Gasteiger partial charge is 0.311 e. The van der Waals surface area contributed by atoms with E-state index in [0.29, 0.717) is 16.5 Å². The van der Waals surface area contributed by atoms with Crippen LogP contribution in [0.3, 0.4) is 0 Å². The lowest BCUT2D eigenvalue weighted by atomic mass is 9.71. The van der Waals surface area contributed by atoms with Gasteiger partial charge in [-0.15, -0.1) is 0 Å². The predicted molar refractivity (Wildman–Crippen MR) is 136 cm³/mol. The van der Waals surface area contributed by atoms with E-state index in [1.807, 2.05) is 48.0 Å². The van der Waals surface area contributed by atoms with Crippen LogP contribution < -0.4 is 10.1 Å². The van der Waals surface area contributed by atoms with Gasteiger partial charge < -0.3 is 19.7 Å². The van der Waals surface area contributed by atoms with Crippen LogP contribution >= 0.6 is 11.6 Å². The molecular formula is C28H31ClN2O4. The summed E-state index contributed by atoms with van der Waals surface area (Å²) in [4.78, 5) is 25.5. The van der Waals surface area contributed by atoms with Crippen LogP contribution in [-0.4, -0.2) is 28.7 Å². The third-order valence-electron chi connectivity index (χ3n) is 8.10. The fourth-order valence-corrected chi connectivity index (χ4v) is 6.24. The molecule has 1 aromatic heterocycles. The highest BCUT2D eigenvalue weighted by atomic mass is 35.5. The zero-order valence-electron chi connectivity index (χ0n) is 20.1. The van der Waals surface area contributed by atoms with Crippen molar-refractivity contribution in [1.82, 2.24) is 9.88 Å². The van der Waals surface area contributed by atoms with Gasteiger partial charge in [-0.3, -0.25) is 9.59 Å². The first-order chi connectivity index (χ1) is 16.8. The Morgan fingerprint density at radius 1 is 1.11 bits per heavy atom. The number of halogens is 1. The Morgan fingerprint density at radius 3 is 2.37 bits per heavy atom. The van der Waals surface area contributed by atoms with Crippen molar-refractivity contribution in [1.29, 1.82) is 0 Å². The van der Waals surface area contributed by atoms with E-state index in [2.05, 4.69) is 5.32 Å². The van der Waals surface area contributed by atoms with Crippen molar-refractivity contribution < 1.29 is 19.4 Å². The number of carboxylic acid groups (broad SMARTS) is 1. The average molecular weight is 495 g/mol. The van der Waals surface area contributed by atoms with Gasteiger partial charge in [-0.2, -0.15) is 0 Å². The standard InChI is InChI=1S/C28H31ClN2O4/c1-31-21-12-13-23(35-2)25(29)20(21)16-22(31)26(32)30-28(14-5-15-28)19-10-8-18(9-11-19)24(27(33)34)17-6-3-4-7-17/h8-13,16-17,24H,3-7,14-15H2,1-2H3,(H,30,32)(H,33,34)/t24-/m1/s1. The maximum atomic E-state index is 13.4. The Kier molecular flexibility index (Phi) is 6.26.